The van der Waals surface area contributed by atoms with Crippen LogP contribution in [0.3, 0.4) is 0 Å². The molecule has 1 atom stereocenters. The van der Waals surface area contributed by atoms with Crippen LogP contribution in [0.15, 0.2) is 6.33 Å². The second kappa shape index (κ2) is 5.27. The van der Waals surface area contributed by atoms with Gasteiger partial charge in [-0.25, -0.2) is 4.98 Å². The minimum Gasteiger partial charge on any atom is -0.459 e. The van der Waals surface area contributed by atoms with Gasteiger partial charge in [-0.15, -0.1) is 0 Å². The Bertz CT molecular complexity index is 381. The number of rotatable bonds is 4. The molecule has 1 rings (SSSR count). The van der Waals surface area contributed by atoms with Gasteiger partial charge in [0.05, 0.1) is 6.54 Å². The summed E-state index contributed by atoms with van der Waals surface area (Å²) in [7, 11) is 1.80. The van der Waals surface area contributed by atoms with Gasteiger partial charge in [0.1, 0.15) is 18.0 Å². The van der Waals surface area contributed by atoms with Crippen molar-refractivity contribution in [2.45, 2.75) is 45.9 Å². The molecule has 0 fully saturated rings. The van der Waals surface area contributed by atoms with E-state index in [4.69, 9.17) is 4.74 Å². The lowest BCUT2D eigenvalue weighted by Crippen LogP contribution is -2.39. The summed E-state index contributed by atoms with van der Waals surface area (Å²) in [5.41, 5.74) is -0.462. The highest BCUT2D eigenvalue weighted by atomic mass is 16.6. The van der Waals surface area contributed by atoms with Crippen LogP contribution in [0.2, 0.25) is 0 Å². The van der Waals surface area contributed by atoms with Gasteiger partial charge in [0, 0.05) is 7.05 Å². The summed E-state index contributed by atoms with van der Waals surface area (Å²) in [6, 6.07) is -0.377. The van der Waals surface area contributed by atoms with E-state index in [1.54, 1.807) is 25.0 Å². The highest BCUT2D eigenvalue weighted by molar-refractivity contribution is 5.75. The van der Waals surface area contributed by atoms with E-state index in [-0.39, 0.29) is 12.0 Å². The molecule has 6 heteroatoms. The van der Waals surface area contributed by atoms with Crippen LogP contribution in [0.25, 0.3) is 0 Å². The summed E-state index contributed by atoms with van der Waals surface area (Å²) in [6.45, 7) is 7.74. The molecule has 0 aliphatic rings. The second-order valence-corrected chi connectivity index (χ2v) is 4.97. The van der Waals surface area contributed by atoms with Crippen molar-refractivity contribution in [2.75, 3.05) is 0 Å². The van der Waals surface area contributed by atoms with Gasteiger partial charge < -0.3 is 4.74 Å². The zero-order valence-electron chi connectivity index (χ0n) is 11.0. The first-order valence-corrected chi connectivity index (χ1v) is 5.59. The third-order valence-corrected chi connectivity index (χ3v) is 1.97. The Hall–Kier alpha value is -1.43. The first-order valence-electron chi connectivity index (χ1n) is 5.59. The largest absolute Gasteiger partial charge is 0.459 e. The smallest absolute Gasteiger partial charge is 0.323 e. The van der Waals surface area contributed by atoms with Gasteiger partial charge in [-0.3, -0.25) is 14.8 Å². The second-order valence-electron chi connectivity index (χ2n) is 4.97. The fourth-order valence-corrected chi connectivity index (χ4v) is 1.18. The monoisotopic (exact) mass is 240 g/mol. The molecular weight excluding hydrogens is 220 g/mol. The Kier molecular flexibility index (Phi) is 4.22. The van der Waals surface area contributed by atoms with Gasteiger partial charge in [-0.1, -0.05) is 0 Å². The number of aromatic nitrogens is 3. The summed E-state index contributed by atoms with van der Waals surface area (Å²) >= 11 is 0. The van der Waals surface area contributed by atoms with E-state index < -0.39 is 5.60 Å². The molecule has 0 aromatic carbocycles. The Balaban J connectivity index is 2.39. The number of hydrogen-bond donors (Lipinski definition) is 1. The molecule has 17 heavy (non-hydrogen) atoms. The average molecular weight is 240 g/mol. The summed E-state index contributed by atoms with van der Waals surface area (Å²) in [4.78, 5) is 15.7. The Labute approximate surface area is 101 Å². The van der Waals surface area contributed by atoms with E-state index in [2.05, 4.69) is 15.4 Å². The zero-order valence-corrected chi connectivity index (χ0v) is 11.0. The van der Waals surface area contributed by atoms with E-state index in [1.807, 2.05) is 20.8 Å². The molecule has 1 aromatic rings. The number of nitrogens with zero attached hydrogens (tertiary/aromatic N) is 3. The maximum atomic E-state index is 11.7. The number of aryl methyl sites for hydroxylation is 1. The molecule has 0 saturated heterocycles. The lowest BCUT2D eigenvalue weighted by Gasteiger charge is -2.22. The van der Waals surface area contributed by atoms with E-state index in [9.17, 15) is 4.79 Å². The van der Waals surface area contributed by atoms with Crippen molar-refractivity contribution in [1.29, 1.82) is 0 Å². The average Bonchev–Trinajstić information content (AvgIpc) is 2.58. The molecule has 1 heterocycles. The summed E-state index contributed by atoms with van der Waals surface area (Å²) in [6.07, 6.45) is 1.62. The molecule has 0 aliphatic heterocycles. The highest BCUT2D eigenvalue weighted by Crippen LogP contribution is 2.08. The number of esters is 1. The molecule has 0 radical (unpaired) electrons. The van der Waals surface area contributed by atoms with Crippen LogP contribution in [0, 0.1) is 0 Å². The fourth-order valence-electron chi connectivity index (χ4n) is 1.18. The van der Waals surface area contributed by atoms with Gasteiger partial charge in [-0.2, -0.15) is 5.10 Å². The lowest BCUT2D eigenvalue weighted by molar-refractivity contribution is -0.157. The predicted molar refractivity (Wildman–Crippen MR) is 63.1 cm³/mol. The van der Waals surface area contributed by atoms with Crippen LogP contribution in [0.5, 0.6) is 0 Å². The molecule has 0 spiro atoms. The zero-order chi connectivity index (χ0) is 13.1. The fraction of sp³-hybridized carbons (Fsp3) is 0.727. The Morgan fingerprint density at radius 1 is 1.59 bits per heavy atom. The maximum Gasteiger partial charge on any atom is 0.323 e. The third kappa shape index (κ3) is 4.95. The van der Waals surface area contributed by atoms with Crippen molar-refractivity contribution >= 4 is 5.97 Å². The molecule has 0 bridgehead atoms. The third-order valence-electron chi connectivity index (χ3n) is 1.97. The van der Waals surface area contributed by atoms with Crippen molar-refractivity contribution in [3.63, 3.8) is 0 Å². The van der Waals surface area contributed by atoms with Crippen molar-refractivity contribution in [3.05, 3.63) is 12.2 Å². The van der Waals surface area contributed by atoms with Crippen molar-refractivity contribution in [3.8, 4) is 0 Å². The van der Waals surface area contributed by atoms with E-state index >= 15 is 0 Å². The number of ether oxygens (including phenoxy) is 1. The van der Waals surface area contributed by atoms with E-state index in [0.29, 0.717) is 12.4 Å². The maximum absolute atomic E-state index is 11.7. The standard InChI is InChI=1S/C11H20N4O2/c1-8(10(16)17-11(2,3)4)12-6-9-13-7-15(5)14-9/h7-8,12H,6H2,1-5H3. The number of hydrogen-bond acceptors (Lipinski definition) is 5. The number of nitrogens with one attached hydrogen (secondary N) is 1. The van der Waals surface area contributed by atoms with Crippen molar-refractivity contribution < 1.29 is 9.53 Å². The van der Waals surface area contributed by atoms with E-state index in [1.165, 1.54) is 0 Å². The first kappa shape index (κ1) is 13.6. The minimum absolute atomic E-state index is 0.270. The van der Waals surface area contributed by atoms with Gasteiger partial charge in [-0.05, 0) is 27.7 Å². The quantitative estimate of drug-likeness (QED) is 0.782. The van der Waals surface area contributed by atoms with Gasteiger partial charge in [0.25, 0.3) is 0 Å². The van der Waals surface area contributed by atoms with Crippen LogP contribution >= 0.6 is 0 Å². The number of carbonyl (C=O) groups is 1. The molecule has 1 N–H and O–H groups in total. The molecule has 0 aliphatic carbocycles. The molecule has 0 saturated carbocycles. The van der Waals surface area contributed by atoms with Crippen molar-refractivity contribution in [2.24, 2.45) is 7.05 Å². The van der Waals surface area contributed by atoms with Crippen LogP contribution < -0.4 is 5.32 Å². The minimum atomic E-state index is -0.462. The molecule has 1 unspecified atom stereocenters. The van der Waals surface area contributed by atoms with Gasteiger partial charge >= 0.3 is 5.97 Å². The van der Waals surface area contributed by atoms with Crippen LogP contribution in [0.4, 0.5) is 0 Å². The summed E-state index contributed by atoms with van der Waals surface area (Å²) < 4.78 is 6.87. The SMILES string of the molecule is CC(NCc1ncn(C)n1)C(=O)OC(C)(C)C. The summed E-state index contributed by atoms with van der Waals surface area (Å²) in [5.74, 6) is 0.385. The topological polar surface area (TPSA) is 69.0 Å². The summed E-state index contributed by atoms with van der Waals surface area (Å²) in [5, 5.41) is 7.13. The molecule has 1 aromatic heterocycles. The number of carbonyl (C=O) groups excluding carboxylic acids is 1. The van der Waals surface area contributed by atoms with Crippen LogP contribution in [-0.4, -0.2) is 32.4 Å². The predicted octanol–water partition coefficient (Wildman–Crippen LogP) is 0.635. The van der Waals surface area contributed by atoms with Gasteiger partial charge in [0.2, 0.25) is 0 Å². The van der Waals surface area contributed by atoms with Crippen LogP contribution in [-0.2, 0) is 23.1 Å². The first-order chi connectivity index (χ1) is 7.78. The Morgan fingerprint density at radius 3 is 2.71 bits per heavy atom. The normalized spacial score (nSPS) is 13.5. The molecule has 6 nitrogen and oxygen atoms in total. The molecule has 0 amide bonds. The lowest BCUT2D eigenvalue weighted by atomic mass is 10.2. The highest BCUT2D eigenvalue weighted by Gasteiger charge is 2.21. The van der Waals surface area contributed by atoms with Crippen LogP contribution in [0.1, 0.15) is 33.5 Å². The molecule has 96 valence electrons. The van der Waals surface area contributed by atoms with E-state index in [0.717, 1.165) is 0 Å². The van der Waals surface area contributed by atoms with Gasteiger partial charge in [0.15, 0.2) is 5.82 Å². The van der Waals surface area contributed by atoms with Crippen molar-refractivity contribution in [1.82, 2.24) is 20.1 Å². The molecular formula is C11H20N4O2. The Morgan fingerprint density at radius 2 is 2.24 bits per heavy atom.